The Balaban J connectivity index is 2.12. The first-order valence-electron chi connectivity index (χ1n) is 5.36. The summed E-state index contributed by atoms with van der Waals surface area (Å²) in [5.74, 6) is 0.785. The smallest absolute Gasteiger partial charge is 0.133 e. The van der Waals surface area contributed by atoms with E-state index in [9.17, 15) is 5.11 Å². The molecule has 0 aliphatic heterocycles. The highest BCUT2D eigenvalue weighted by atomic mass is 79.9. The van der Waals surface area contributed by atoms with Crippen molar-refractivity contribution in [2.24, 2.45) is 0 Å². The minimum absolute atomic E-state index is 0.525. The first kappa shape index (κ1) is 13.9. The van der Waals surface area contributed by atoms with E-state index in [4.69, 9.17) is 16.3 Å². The van der Waals surface area contributed by atoms with Gasteiger partial charge in [0.1, 0.15) is 5.75 Å². The summed E-state index contributed by atoms with van der Waals surface area (Å²) in [7, 11) is 1.63. The van der Waals surface area contributed by atoms with E-state index >= 15 is 0 Å². The Morgan fingerprint density at radius 1 is 1.39 bits per heavy atom. The van der Waals surface area contributed by atoms with Gasteiger partial charge in [0.05, 0.1) is 22.0 Å². The molecule has 0 aliphatic rings. The number of thiophene rings is 1. The van der Waals surface area contributed by atoms with Crippen molar-refractivity contribution in [3.63, 3.8) is 0 Å². The van der Waals surface area contributed by atoms with Crippen LogP contribution in [0.5, 0.6) is 5.75 Å². The van der Waals surface area contributed by atoms with Gasteiger partial charge in [-0.3, -0.25) is 0 Å². The number of rotatable bonds is 4. The van der Waals surface area contributed by atoms with Crippen molar-refractivity contribution < 1.29 is 9.84 Å². The summed E-state index contributed by atoms with van der Waals surface area (Å²) in [6.07, 6.45) is 0.0298. The highest BCUT2D eigenvalue weighted by Crippen LogP contribution is 2.31. The van der Waals surface area contributed by atoms with E-state index in [1.54, 1.807) is 13.2 Å². The molecule has 0 bridgehead atoms. The fourth-order valence-electron chi connectivity index (χ4n) is 1.67. The van der Waals surface area contributed by atoms with E-state index in [2.05, 4.69) is 15.9 Å². The van der Waals surface area contributed by atoms with Crippen LogP contribution in [-0.4, -0.2) is 12.2 Å². The largest absolute Gasteiger partial charge is 0.496 e. The van der Waals surface area contributed by atoms with Crippen LogP contribution in [0.1, 0.15) is 16.5 Å². The summed E-state index contributed by atoms with van der Waals surface area (Å²) in [5, 5.41) is 10.1. The SMILES string of the molecule is COc1ccc(CC(O)c2ccc(Cl)s2)cc1Br. The van der Waals surface area contributed by atoms with E-state index in [-0.39, 0.29) is 0 Å². The van der Waals surface area contributed by atoms with Crippen molar-refractivity contribution in [1.82, 2.24) is 0 Å². The molecule has 1 aromatic carbocycles. The zero-order valence-electron chi connectivity index (χ0n) is 9.69. The molecule has 0 radical (unpaired) electrons. The number of methoxy groups -OCH3 is 1. The summed E-state index contributed by atoms with van der Waals surface area (Å²) in [4.78, 5) is 0.881. The predicted molar refractivity (Wildman–Crippen MR) is 78.7 cm³/mol. The quantitative estimate of drug-likeness (QED) is 0.885. The Bertz CT molecular complexity index is 542. The van der Waals surface area contributed by atoms with Gasteiger partial charge in [-0.15, -0.1) is 11.3 Å². The minimum Gasteiger partial charge on any atom is -0.496 e. The number of ether oxygens (including phenoxy) is 1. The molecule has 2 aromatic rings. The van der Waals surface area contributed by atoms with Gasteiger partial charge < -0.3 is 9.84 Å². The molecular weight excluding hydrogens is 336 g/mol. The van der Waals surface area contributed by atoms with Crippen LogP contribution in [0.3, 0.4) is 0 Å². The lowest BCUT2D eigenvalue weighted by molar-refractivity contribution is 0.182. The second-order valence-electron chi connectivity index (χ2n) is 3.83. The first-order chi connectivity index (χ1) is 8.60. The Morgan fingerprint density at radius 2 is 2.17 bits per heavy atom. The van der Waals surface area contributed by atoms with Crippen molar-refractivity contribution in [3.05, 3.63) is 49.6 Å². The van der Waals surface area contributed by atoms with Gasteiger partial charge in [0.25, 0.3) is 0 Å². The van der Waals surface area contributed by atoms with Crippen molar-refractivity contribution in [3.8, 4) is 5.75 Å². The average Bonchev–Trinajstić information content (AvgIpc) is 2.76. The van der Waals surface area contributed by atoms with E-state index in [0.717, 1.165) is 20.7 Å². The zero-order chi connectivity index (χ0) is 13.1. The number of aliphatic hydroxyl groups excluding tert-OH is 1. The number of hydrogen-bond acceptors (Lipinski definition) is 3. The summed E-state index contributed by atoms with van der Waals surface area (Å²) < 4.78 is 6.75. The molecule has 2 nitrogen and oxygen atoms in total. The zero-order valence-corrected chi connectivity index (χ0v) is 12.8. The molecule has 1 heterocycles. The lowest BCUT2D eigenvalue weighted by atomic mass is 10.1. The maximum absolute atomic E-state index is 10.1. The van der Waals surface area contributed by atoms with Crippen molar-refractivity contribution >= 4 is 38.9 Å². The Hall–Kier alpha value is -0.550. The summed E-state index contributed by atoms with van der Waals surface area (Å²) in [6.45, 7) is 0. The molecule has 0 amide bonds. The topological polar surface area (TPSA) is 29.5 Å². The molecule has 0 spiro atoms. The lowest BCUT2D eigenvalue weighted by Crippen LogP contribution is -1.99. The van der Waals surface area contributed by atoms with Gasteiger partial charge in [0.2, 0.25) is 0 Å². The highest BCUT2D eigenvalue weighted by molar-refractivity contribution is 9.10. The molecule has 18 heavy (non-hydrogen) atoms. The fraction of sp³-hybridized carbons (Fsp3) is 0.231. The van der Waals surface area contributed by atoms with Crippen LogP contribution >= 0.6 is 38.9 Å². The molecule has 1 aromatic heterocycles. The number of aliphatic hydroxyl groups is 1. The van der Waals surface area contributed by atoms with E-state index in [1.165, 1.54) is 11.3 Å². The molecule has 1 N–H and O–H groups in total. The van der Waals surface area contributed by atoms with Gasteiger partial charge in [0.15, 0.2) is 0 Å². The number of halogens is 2. The standard InChI is InChI=1S/C13H12BrClO2S/c1-17-11-3-2-8(6-9(11)14)7-10(16)12-4-5-13(15)18-12/h2-6,10,16H,7H2,1H3. The molecule has 0 fully saturated rings. The highest BCUT2D eigenvalue weighted by Gasteiger charge is 2.12. The van der Waals surface area contributed by atoms with E-state index < -0.39 is 6.10 Å². The Morgan fingerprint density at radius 3 is 2.72 bits per heavy atom. The van der Waals surface area contributed by atoms with Crippen LogP contribution in [-0.2, 0) is 6.42 Å². The fourth-order valence-corrected chi connectivity index (χ4v) is 3.30. The van der Waals surface area contributed by atoms with E-state index in [1.807, 2.05) is 24.3 Å². The van der Waals surface area contributed by atoms with Crippen molar-refractivity contribution in [2.45, 2.75) is 12.5 Å². The van der Waals surface area contributed by atoms with Crippen LogP contribution in [0.15, 0.2) is 34.8 Å². The van der Waals surface area contributed by atoms with Crippen molar-refractivity contribution in [2.75, 3.05) is 7.11 Å². The van der Waals surface area contributed by atoms with Crippen LogP contribution < -0.4 is 4.74 Å². The molecule has 0 saturated heterocycles. The molecule has 1 unspecified atom stereocenters. The van der Waals surface area contributed by atoms with E-state index in [0.29, 0.717) is 10.8 Å². The van der Waals surface area contributed by atoms with Gasteiger partial charge >= 0.3 is 0 Å². The van der Waals surface area contributed by atoms with Crippen LogP contribution in [0.25, 0.3) is 0 Å². The van der Waals surface area contributed by atoms with Gasteiger partial charge in [0, 0.05) is 11.3 Å². The molecule has 0 saturated carbocycles. The average molecular weight is 348 g/mol. The first-order valence-corrected chi connectivity index (χ1v) is 7.34. The summed E-state index contributed by atoms with van der Waals surface area (Å²) in [5.41, 5.74) is 1.04. The predicted octanol–water partition coefficient (Wildman–Crippen LogP) is 4.45. The maximum atomic E-state index is 10.1. The Kier molecular flexibility index (Phi) is 4.67. The molecule has 1 atom stereocenters. The van der Waals surface area contributed by atoms with Crippen LogP contribution in [0.2, 0.25) is 4.34 Å². The number of hydrogen-bond donors (Lipinski definition) is 1. The molecule has 5 heteroatoms. The van der Waals surface area contributed by atoms with Crippen LogP contribution in [0.4, 0.5) is 0 Å². The van der Waals surface area contributed by atoms with Gasteiger partial charge in [-0.1, -0.05) is 17.7 Å². The Labute approximate surface area is 123 Å². The van der Waals surface area contributed by atoms with Crippen LogP contribution in [0, 0.1) is 0 Å². The normalized spacial score (nSPS) is 12.4. The van der Waals surface area contributed by atoms with Gasteiger partial charge in [-0.05, 0) is 45.8 Å². The summed E-state index contributed by atoms with van der Waals surface area (Å²) >= 11 is 10.7. The molecule has 96 valence electrons. The maximum Gasteiger partial charge on any atom is 0.133 e. The van der Waals surface area contributed by atoms with Gasteiger partial charge in [-0.25, -0.2) is 0 Å². The lowest BCUT2D eigenvalue weighted by Gasteiger charge is -2.10. The third-order valence-electron chi connectivity index (χ3n) is 2.57. The van der Waals surface area contributed by atoms with Gasteiger partial charge in [-0.2, -0.15) is 0 Å². The number of benzene rings is 1. The van der Waals surface area contributed by atoms with Crippen molar-refractivity contribution in [1.29, 1.82) is 0 Å². The minimum atomic E-state index is -0.525. The molecular formula is C13H12BrClO2S. The summed E-state index contributed by atoms with van der Waals surface area (Å²) in [6, 6.07) is 9.44. The second kappa shape index (κ2) is 6.06. The third kappa shape index (κ3) is 3.26. The second-order valence-corrected chi connectivity index (χ2v) is 6.43. The monoisotopic (exact) mass is 346 g/mol. The molecule has 2 rings (SSSR count). The molecule has 0 aliphatic carbocycles. The third-order valence-corrected chi connectivity index (χ3v) is 4.52.